The van der Waals surface area contributed by atoms with Gasteiger partial charge in [-0.05, 0) is 12.5 Å². The van der Waals surface area contributed by atoms with E-state index in [0.29, 0.717) is 17.7 Å². The second-order valence-corrected chi connectivity index (χ2v) is 6.66. The van der Waals surface area contributed by atoms with Crippen LogP contribution in [0.25, 0.3) is 0 Å². The molecule has 0 aromatic carbocycles. The molecule has 0 spiro atoms. The average molecular weight is 269 g/mol. The first-order valence-corrected chi connectivity index (χ1v) is 7.40. The summed E-state index contributed by atoms with van der Waals surface area (Å²) in [7, 11) is -1.41. The first-order valence-electron chi connectivity index (χ1n) is 5.58. The second-order valence-electron chi connectivity index (χ2n) is 4.44. The Bertz CT molecular complexity index is 571. The predicted molar refractivity (Wildman–Crippen MR) is 67.8 cm³/mol. The van der Waals surface area contributed by atoms with Crippen molar-refractivity contribution in [3.05, 3.63) is 24.0 Å². The number of carbonyl (C=O) groups excluding carboxylic acids is 1. The zero-order chi connectivity index (χ0) is 13.3. The van der Waals surface area contributed by atoms with Crippen molar-refractivity contribution in [2.24, 2.45) is 0 Å². The van der Waals surface area contributed by atoms with Gasteiger partial charge in [0.15, 0.2) is 9.84 Å². The van der Waals surface area contributed by atoms with Gasteiger partial charge in [0.1, 0.15) is 0 Å². The van der Waals surface area contributed by atoms with Gasteiger partial charge in [0.05, 0.1) is 17.1 Å². The fourth-order valence-electron chi connectivity index (χ4n) is 2.02. The van der Waals surface area contributed by atoms with Crippen molar-refractivity contribution < 1.29 is 13.2 Å². The van der Waals surface area contributed by atoms with Gasteiger partial charge in [-0.3, -0.25) is 9.78 Å². The molecule has 1 aliphatic heterocycles. The average Bonchev–Trinajstić information content (AvgIpc) is 2.68. The van der Waals surface area contributed by atoms with Gasteiger partial charge in [-0.25, -0.2) is 8.42 Å². The maximum absolute atomic E-state index is 12.2. The molecule has 6 nitrogen and oxygen atoms in total. The summed E-state index contributed by atoms with van der Waals surface area (Å²) in [5.74, 6) is -0.129. The van der Waals surface area contributed by atoms with E-state index in [0.717, 1.165) is 0 Å². The number of nitrogens with zero attached hydrogens (tertiary/aromatic N) is 2. The largest absolute Gasteiger partial charge is 0.398 e. The van der Waals surface area contributed by atoms with Gasteiger partial charge in [0.25, 0.3) is 5.91 Å². The lowest BCUT2D eigenvalue weighted by atomic mass is 10.1. The molecule has 1 atom stereocenters. The highest BCUT2D eigenvalue weighted by Gasteiger charge is 2.33. The molecule has 1 aromatic heterocycles. The van der Waals surface area contributed by atoms with E-state index in [1.807, 2.05) is 0 Å². The van der Waals surface area contributed by atoms with Gasteiger partial charge in [0, 0.05) is 31.2 Å². The van der Waals surface area contributed by atoms with E-state index in [4.69, 9.17) is 5.73 Å². The van der Waals surface area contributed by atoms with Crippen molar-refractivity contribution in [2.45, 2.75) is 12.5 Å². The lowest BCUT2D eigenvalue weighted by molar-refractivity contribution is 0.0748. The van der Waals surface area contributed by atoms with Gasteiger partial charge >= 0.3 is 0 Å². The molecule has 18 heavy (non-hydrogen) atoms. The van der Waals surface area contributed by atoms with E-state index in [-0.39, 0.29) is 23.5 Å². The first-order chi connectivity index (χ1) is 8.41. The van der Waals surface area contributed by atoms with Crippen molar-refractivity contribution in [3.63, 3.8) is 0 Å². The number of sulfone groups is 1. The quantitative estimate of drug-likeness (QED) is 0.810. The highest BCUT2D eigenvalue weighted by molar-refractivity contribution is 7.91. The minimum absolute atomic E-state index is 0.0232. The molecule has 0 saturated carbocycles. The van der Waals surface area contributed by atoms with E-state index in [2.05, 4.69) is 4.98 Å². The molecular formula is C11H15N3O3S. The van der Waals surface area contributed by atoms with Crippen LogP contribution in [0.4, 0.5) is 5.69 Å². The van der Waals surface area contributed by atoms with Crippen LogP contribution in [-0.2, 0) is 9.84 Å². The summed E-state index contributed by atoms with van der Waals surface area (Å²) in [6.07, 6.45) is 3.38. The third-order valence-corrected chi connectivity index (χ3v) is 4.91. The first kappa shape index (κ1) is 12.8. The van der Waals surface area contributed by atoms with E-state index in [9.17, 15) is 13.2 Å². The SMILES string of the molecule is CN(C(=O)c1cnccc1N)C1CCS(=O)(=O)C1. The standard InChI is InChI=1S/C11H15N3O3S/c1-14(8-3-5-18(16,17)7-8)11(15)9-6-13-4-2-10(9)12/h2,4,6,8H,3,5,7H2,1H3,(H2,12,13). The van der Waals surface area contributed by atoms with Gasteiger partial charge in [-0.2, -0.15) is 0 Å². The van der Waals surface area contributed by atoms with E-state index < -0.39 is 9.84 Å². The van der Waals surface area contributed by atoms with E-state index in [1.54, 1.807) is 13.1 Å². The molecule has 2 N–H and O–H groups in total. The maximum Gasteiger partial charge on any atom is 0.257 e. The fraction of sp³-hybridized carbons (Fsp3) is 0.455. The fourth-order valence-corrected chi connectivity index (χ4v) is 3.79. The van der Waals surface area contributed by atoms with Crippen molar-refractivity contribution in [2.75, 3.05) is 24.3 Å². The Morgan fingerprint density at radius 3 is 2.83 bits per heavy atom. The lowest BCUT2D eigenvalue weighted by Crippen LogP contribution is -2.38. The summed E-state index contributed by atoms with van der Waals surface area (Å²) >= 11 is 0. The van der Waals surface area contributed by atoms with Crippen molar-refractivity contribution >= 4 is 21.4 Å². The Labute approximate surface area is 106 Å². The topological polar surface area (TPSA) is 93.4 Å². The van der Waals surface area contributed by atoms with Crippen LogP contribution in [0.3, 0.4) is 0 Å². The number of pyridine rings is 1. The second kappa shape index (κ2) is 4.56. The summed E-state index contributed by atoms with van der Waals surface area (Å²) in [5, 5.41) is 0. The van der Waals surface area contributed by atoms with E-state index >= 15 is 0 Å². The van der Waals surface area contributed by atoms with Crippen LogP contribution in [0.15, 0.2) is 18.5 Å². The molecule has 1 unspecified atom stereocenters. The third-order valence-electron chi connectivity index (χ3n) is 3.16. The Kier molecular flexibility index (Phi) is 3.25. The smallest absolute Gasteiger partial charge is 0.257 e. The Balaban J connectivity index is 2.18. The Morgan fingerprint density at radius 2 is 2.28 bits per heavy atom. The number of nitrogen functional groups attached to an aromatic ring is 1. The molecule has 1 amide bonds. The van der Waals surface area contributed by atoms with Crippen molar-refractivity contribution in [3.8, 4) is 0 Å². The molecule has 0 bridgehead atoms. The van der Waals surface area contributed by atoms with Gasteiger partial charge in [0.2, 0.25) is 0 Å². The van der Waals surface area contributed by atoms with Crippen LogP contribution < -0.4 is 5.73 Å². The third kappa shape index (κ3) is 2.45. The van der Waals surface area contributed by atoms with Crippen LogP contribution in [0, 0.1) is 0 Å². The molecule has 2 heterocycles. The molecule has 98 valence electrons. The molecular weight excluding hydrogens is 254 g/mol. The molecule has 1 aromatic rings. The molecule has 0 aliphatic carbocycles. The summed E-state index contributed by atoms with van der Waals surface area (Å²) in [5.41, 5.74) is 6.36. The highest BCUT2D eigenvalue weighted by atomic mass is 32.2. The molecule has 7 heteroatoms. The number of carbonyl (C=O) groups is 1. The predicted octanol–water partition coefficient (Wildman–Crippen LogP) is -0.0771. The zero-order valence-electron chi connectivity index (χ0n) is 10.0. The molecule has 1 fully saturated rings. The number of rotatable bonds is 2. The Hall–Kier alpha value is -1.63. The maximum atomic E-state index is 12.2. The Morgan fingerprint density at radius 1 is 1.56 bits per heavy atom. The summed E-state index contributed by atoms with van der Waals surface area (Å²) in [4.78, 5) is 17.5. The van der Waals surface area contributed by atoms with Crippen LogP contribution >= 0.6 is 0 Å². The number of aromatic nitrogens is 1. The monoisotopic (exact) mass is 269 g/mol. The van der Waals surface area contributed by atoms with Crippen LogP contribution in [-0.4, -0.2) is 48.8 Å². The van der Waals surface area contributed by atoms with E-state index in [1.165, 1.54) is 17.3 Å². The number of anilines is 1. The summed E-state index contributed by atoms with van der Waals surface area (Å²) < 4.78 is 22.8. The lowest BCUT2D eigenvalue weighted by Gasteiger charge is -2.23. The number of nitrogens with two attached hydrogens (primary N) is 1. The molecule has 2 rings (SSSR count). The van der Waals surface area contributed by atoms with Crippen LogP contribution in [0.5, 0.6) is 0 Å². The van der Waals surface area contributed by atoms with Crippen LogP contribution in [0.2, 0.25) is 0 Å². The van der Waals surface area contributed by atoms with Crippen molar-refractivity contribution in [1.29, 1.82) is 0 Å². The minimum Gasteiger partial charge on any atom is -0.398 e. The number of amides is 1. The number of hydrogen-bond donors (Lipinski definition) is 1. The van der Waals surface area contributed by atoms with Gasteiger partial charge in [-0.1, -0.05) is 0 Å². The molecule has 1 saturated heterocycles. The van der Waals surface area contributed by atoms with Gasteiger partial charge < -0.3 is 10.6 Å². The molecule has 1 aliphatic rings. The normalized spacial score (nSPS) is 21.7. The number of hydrogen-bond acceptors (Lipinski definition) is 5. The zero-order valence-corrected chi connectivity index (χ0v) is 10.9. The van der Waals surface area contributed by atoms with Crippen LogP contribution in [0.1, 0.15) is 16.8 Å². The van der Waals surface area contributed by atoms with Gasteiger partial charge in [-0.15, -0.1) is 0 Å². The summed E-state index contributed by atoms with van der Waals surface area (Å²) in [6, 6.07) is 1.27. The highest BCUT2D eigenvalue weighted by Crippen LogP contribution is 2.20. The minimum atomic E-state index is -3.01. The summed E-state index contributed by atoms with van der Waals surface area (Å²) in [6.45, 7) is 0. The molecule has 0 radical (unpaired) electrons. The van der Waals surface area contributed by atoms with Crippen molar-refractivity contribution in [1.82, 2.24) is 9.88 Å².